The Morgan fingerprint density at radius 2 is 1.86 bits per heavy atom. The minimum atomic E-state index is -3.97. The van der Waals surface area contributed by atoms with Crippen LogP contribution >= 0.6 is 0 Å². The summed E-state index contributed by atoms with van der Waals surface area (Å²) in [6.45, 7) is 7.51. The summed E-state index contributed by atoms with van der Waals surface area (Å²) < 4.78 is 47.9. The molecule has 2 aromatic carbocycles. The third-order valence-electron chi connectivity index (χ3n) is 6.47. The van der Waals surface area contributed by atoms with Crippen LogP contribution < -0.4 is 5.32 Å². The van der Waals surface area contributed by atoms with E-state index in [2.05, 4.69) is 10.5 Å². The smallest absolute Gasteiger partial charge is 0.248 e. The van der Waals surface area contributed by atoms with E-state index in [1.165, 1.54) is 10.4 Å². The standard InChI is InChI=1S/C27H30FN3O4S/c1-17-7-8-18(2)21(14-17)10-12-25-26(20(4)30-35-25)36(33,34)31-13-5-6-22(16-31)27(32)29-23-11-9-19(3)24(28)15-23/h7-12,14-15,22H,5-6,13,16H2,1-4H3,(H,29,32). The zero-order valence-corrected chi connectivity index (χ0v) is 21.7. The van der Waals surface area contributed by atoms with E-state index in [0.29, 0.717) is 24.1 Å². The number of nitrogens with one attached hydrogen (secondary N) is 1. The lowest BCUT2D eigenvalue weighted by Gasteiger charge is -2.31. The zero-order chi connectivity index (χ0) is 26.0. The Morgan fingerprint density at radius 1 is 1.11 bits per heavy atom. The second-order valence-corrected chi connectivity index (χ2v) is 11.2. The van der Waals surface area contributed by atoms with Crippen LogP contribution in [0, 0.1) is 39.4 Å². The lowest BCUT2D eigenvalue weighted by molar-refractivity contribution is -0.120. The predicted octanol–water partition coefficient (Wildman–Crippen LogP) is 5.26. The highest BCUT2D eigenvalue weighted by Crippen LogP contribution is 2.30. The van der Waals surface area contributed by atoms with Crippen LogP contribution in [0.3, 0.4) is 0 Å². The van der Waals surface area contributed by atoms with Crippen molar-refractivity contribution < 1.29 is 22.1 Å². The van der Waals surface area contributed by atoms with Crippen LogP contribution in [0.5, 0.6) is 0 Å². The maximum atomic E-state index is 13.9. The molecule has 1 fully saturated rings. The molecule has 3 aromatic rings. The number of piperidine rings is 1. The van der Waals surface area contributed by atoms with Crippen LogP contribution in [-0.2, 0) is 14.8 Å². The minimum absolute atomic E-state index is 0.00530. The minimum Gasteiger partial charge on any atom is -0.355 e. The van der Waals surface area contributed by atoms with Crippen LogP contribution in [0.4, 0.5) is 10.1 Å². The Morgan fingerprint density at radius 3 is 2.61 bits per heavy atom. The Hall–Kier alpha value is -3.30. The molecule has 7 nitrogen and oxygen atoms in total. The first-order chi connectivity index (χ1) is 17.1. The summed E-state index contributed by atoms with van der Waals surface area (Å²) in [6.07, 6.45) is 4.50. The van der Waals surface area contributed by atoms with E-state index in [0.717, 1.165) is 16.7 Å². The van der Waals surface area contributed by atoms with Gasteiger partial charge in [-0.05, 0) is 75.4 Å². The van der Waals surface area contributed by atoms with Gasteiger partial charge in [0.15, 0.2) is 10.7 Å². The van der Waals surface area contributed by atoms with Crippen LogP contribution in [0.2, 0.25) is 0 Å². The Balaban J connectivity index is 1.54. The van der Waals surface area contributed by atoms with Crippen LogP contribution in [0.1, 0.15) is 46.5 Å². The molecule has 1 aromatic heterocycles. The molecule has 1 atom stereocenters. The van der Waals surface area contributed by atoms with Crippen LogP contribution in [0.25, 0.3) is 12.2 Å². The number of rotatable bonds is 6. The maximum Gasteiger partial charge on any atom is 0.248 e. The van der Waals surface area contributed by atoms with Crippen molar-refractivity contribution in [1.82, 2.24) is 9.46 Å². The van der Waals surface area contributed by atoms with Gasteiger partial charge in [-0.2, -0.15) is 4.31 Å². The Bertz CT molecular complexity index is 1430. The largest absolute Gasteiger partial charge is 0.355 e. The normalized spacial score (nSPS) is 17.0. The number of aryl methyl sites for hydroxylation is 4. The van der Waals surface area contributed by atoms with Gasteiger partial charge in [-0.25, -0.2) is 12.8 Å². The number of benzene rings is 2. The van der Waals surface area contributed by atoms with Crippen molar-refractivity contribution in [3.8, 4) is 0 Å². The molecule has 1 saturated heterocycles. The molecule has 0 bridgehead atoms. The summed E-state index contributed by atoms with van der Waals surface area (Å²) >= 11 is 0. The Kier molecular flexibility index (Phi) is 7.42. The summed E-state index contributed by atoms with van der Waals surface area (Å²) in [5.41, 5.74) is 4.18. The second-order valence-electron chi connectivity index (χ2n) is 9.31. The van der Waals surface area contributed by atoms with Crippen LogP contribution in [0.15, 0.2) is 45.8 Å². The highest BCUT2D eigenvalue weighted by Gasteiger charge is 2.37. The number of hydrogen-bond acceptors (Lipinski definition) is 5. The Labute approximate surface area is 211 Å². The van der Waals surface area contributed by atoms with E-state index in [1.54, 1.807) is 32.1 Å². The molecule has 0 saturated carbocycles. The molecule has 0 aliphatic carbocycles. The molecule has 1 aliphatic heterocycles. The third kappa shape index (κ3) is 5.42. The van der Waals surface area contributed by atoms with Gasteiger partial charge in [-0.3, -0.25) is 4.79 Å². The number of halogens is 1. The van der Waals surface area contributed by atoms with Gasteiger partial charge in [-0.1, -0.05) is 41.1 Å². The number of hydrogen-bond donors (Lipinski definition) is 1. The summed E-state index contributed by atoms with van der Waals surface area (Å²) in [5, 5.41) is 6.62. The van der Waals surface area contributed by atoms with Crippen molar-refractivity contribution in [2.75, 3.05) is 18.4 Å². The van der Waals surface area contributed by atoms with E-state index in [4.69, 9.17) is 4.52 Å². The van der Waals surface area contributed by atoms with E-state index in [9.17, 15) is 17.6 Å². The fourth-order valence-corrected chi connectivity index (χ4v) is 6.10. The molecule has 1 unspecified atom stereocenters. The number of aromatic nitrogens is 1. The molecular weight excluding hydrogens is 481 g/mol. The van der Waals surface area contributed by atoms with Gasteiger partial charge in [0.2, 0.25) is 15.9 Å². The van der Waals surface area contributed by atoms with Gasteiger partial charge in [0.1, 0.15) is 11.5 Å². The highest BCUT2D eigenvalue weighted by atomic mass is 32.2. The average Bonchev–Trinajstić information content (AvgIpc) is 3.23. The van der Waals surface area contributed by atoms with Crippen LogP contribution in [-0.4, -0.2) is 36.9 Å². The summed E-state index contributed by atoms with van der Waals surface area (Å²) in [5.74, 6) is -1.16. The first kappa shape index (κ1) is 25.8. The molecule has 9 heteroatoms. The van der Waals surface area contributed by atoms with Crippen molar-refractivity contribution in [3.05, 3.63) is 75.9 Å². The second kappa shape index (κ2) is 10.4. The molecule has 1 amide bonds. The molecule has 2 heterocycles. The first-order valence-electron chi connectivity index (χ1n) is 11.8. The topological polar surface area (TPSA) is 92.5 Å². The predicted molar refractivity (Wildman–Crippen MR) is 137 cm³/mol. The number of amides is 1. The quantitative estimate of drug-likeness (QED) is 0.488. The van der Waals surface area contributed by atoms with Crippen molar-refractivity contribution in [2.45, 2.75) is 45.4 Å². The van der Waals surface area contributed by atoms with E-state index < -0.39 is 21.8 Å². The van der Waals surface area contributed by atoms with E-state index >= 15 is 0 Å². The third-order valence-corrected chi connectivity index (χ3v) is 8.50. The number of anilines is 1. The number of carbonyl (C=O) groups is 1. The lowest BCUT2D eigenvalue weighted by atomic mass is 9.98. The highest BCUT2D eigenvalue weighted by molar-refractivity contribution is 7.89. The lowest BCUT2D eigenvalue weighted by Crippen LogP contribution is -2.43. The first-order valence-corrected chi connectivity index (χ1v) is 13.3. The molecule has 1 aliphatic rings. The fraction of sp³-hybridized carbons (Fsp3) is 0.333. The summed E-state index contributed by atoms with van der Waals surface area (Å²) in [7, 11) is -3.97. The monoisotopic (exact) mass is 511 g/mol. The van der Waals surface area contributed by atoms with Gasteiger partial charge in [0.05, 0.1) is 5.92 Å². The van der Waals surface area contributed by atoms with Crippen molar-refractivity contribution in [3.63, 3.8) is 0 Å². The zero-order valence-electron chi connectivity index (χ0n) is 20.8. The number of nitrogens with zero attached hydrogens (tertiary/aromatic N) is 2. The van der Waals surface area contributed by atoms with Gasteiger partial charge < -0.3 is 9.84 Å². The van der Waals surface area contributed by atoms with Crippen molar-refractivity contribution >= 4 is 33.8 Å². The molecule has 36 heavy (non-hydrogen) atoms. The van der Waals surface area contributed by atoms with E-state index in [1.807, 2.05) is 38.1 Å². The van der Waals surface area contributed by atoms with Crippen molar-refractivity contribution in [2.24, 2.45) is 5.92 Å². The van der Waals surface area contributed by atoms with Gasteiger partial charge >= 0.3 is 0 Å². The number of carbonyl (C=O) groups excluding carboxylic acids is 1. The fourth-order valence-electron chi connectivity index (χ4n) is 4.32. The van der Waals surface area contributed by atoms with E-state index in [-0.39, 0.29) is 35.3 Å². The van der Waals surface area contributed by atoms with Gasteiger partial charge in [0.25, 0.3) is 0 Å². The molecule has 0 spiro atoms. The number of sulfonamides is 1. The van der Waals surface area contributed by atoms with Gasteiger partial charge in [-0.15, -0.1) is 0 Å². The molecular formula is C27H30FN3O4S. The molecule has 0 radical (unpaired) electrons. The molecule has 4 rings (SSSR count). The molecule has 190 valence electrons. The van der Waals surface area contributed by atoms with Crippen molar-refractivity contribution in [1.29, 1.82) is 0 Å². The summed E-state index contributed by atoms with van der Waals surface area (Å²) in [6, 6.07) is 10.5. The maximum absolute atomic E-state index is 13.9. The molecule has 1 N–H and O–H groups in total. The average molecular weight is 512 g/mol. The SMILES string of the molecule is Cc1ccc(C)c(C=Cc2onc(C)c2S(=O)(=O)N2CCCC(C(=O)Nc3ccc(C)c(F)c3)C2)c1. The summed E-state index contributed by atoms with van der Waals surface area (Å²) in [4.78, 5) is 12.9. The van der Waals surface area contributed by atoms with Gasteiger partial charge in [0, 0.05) is 18.8 Å².